The van der Waals surface area contributed by atoms with Gasteiger partial charge in [-0.25, -0.2) is 27.6 Å². The monoisotopic (exact) mass is 647 g/mol. The number of amides is 3. The molecule has 0 atom stereocenters. The average molecular weight is 648 g/mol. The van der Waals surface area contributed by atoms with Crippen LogP contribution in [0.15, 0.2) is 79.1 Å². The van der Waals surface area contributed by atoms with Crippen LogP contribution in [0.3, 0.4) is 0 Å². The van der Waals surface area contributed by atoms with E-state index in [1.807, 2.05) is 19.1 Å². The van der Waals surface area contributed by atoms with Crippen molar-refractivity contribution < 1.29 is 27.1 Å². The fourth-order valence-corrected chi connectivity index (χ4v) is 5.68. The summed E-state index contributed by atoms with van der Waals surface area (Å²) in [5, 5.41) is 2.77. The number of aryl methyl sites for hydroxylation is 1. The third kappa shape index (κ3) is 8.55. The van der Waals surface area contributed by atoms with Crippen molar-refractivity contribution in [3.05, 3.63) is 102 Å². The van der Waals surface area contributed by atoms with E-state index in [1.54, 1.807) is 53.7 Å². The summed E-state index contributed by atoms with van der Waals surface area (Å²) in [5.74, 6) is -0.275. The maximum absolute atomic E-state index is 14.0. The Bertz CT molecular complexity index is 1800. The molecule has 0 aliphatic carbocycles. The van der Waals surface area contributed by atoms with Gasteiger partial charge < -0.3 is 15.8 Å². The maximum atomic E-state index is 14.0. The number of aromatic nitrogens is 2. The van der Waals surface area contributed by atoms with Crippen molar-refractivity contribution in [2.45, 2.75) is 32.4 Å². The Morgan fingerprint density at radius 3 is 2.33 bits per heavy atom. The zero-order valence-corrected chi connectivity index (χ0v) is 26.1. The van der Waals surface area contributed by atoms with Gasteiger partial charge in [-0.2, -0.15) is 0 Å². The molecule has 2 aromatic carbocycles. The lowest BCUT2D eigenvalue weighted by atomic mass is 10.0. The molecule has 0 unspecified atom stereocenters. The van der Waals surface area contributed by atoms with Gasteiger partial charge in [0, 0.05) is 55.5 Å². The van der Waals surface area contributed by atoms with Crippen LogP contribution in [0.4, 0.5) is 26.4 Å². The van der Waals surface area contributed by atoms with Crippen LogP contribution in [0.25, 0.3) is 0 Å². The molecule has 12 nitrogen and oxygen atoms in total. The summed E-state index contributed by atoms with van der Waals surface area (Å²) in [6.07, 6.45) is 5.89. The van der Waals surface area contributed by atoms with E-state index in [1.165, 1.54) is 12.1 Å². The SMILES string of the molecule is Cc1ccc(N(C(=O)Nc2ccc(F)c(C(N)=O)c2)C2CCN(Cc3ccc(Oc4ccc(NS(C)(=O)=O)cc4)nc3)CC2)nc1. The van der Waals surface area contributed by atoms with Crippen LogP contribution in [0, 0.1) is 12.7 Å². The Balaban J connectivity index is 1.20. The number of nitrogens with two attached hydrogens (primary N) is 1. The second-order valence-electron chi connectivity index (χ2n) is 11.1. The normalized spacial score (nSPS) is 14.0. The number of benzene rings is 2. The number of hydrogen-bond donors (Lipinski definition) is 3. The van der Waals surface area contributed by atoms with E-state index in [9.17, 15) is 22.4 Å². The lowest BCUT2D eigenvalue weighted by Crippen LogP contribution is -2.49. The van der Waals surface area contributed by atoms with Gasteiger partial charge in [0.05, 0.1) is 11.8 Å². The molecule has 1 fully saturated rings. The van der Waals surface area contributed by atoms with Crippen LogP contribution in [-0.4, -0.2) is 60.6 Å². The van der Waals surface area contributed by atoms with Gasteiger partial charge >= 0.3 is 6.03 Å². The standard InChI is InChI=1S/C32H34FN7O5S/c1-21-3-11-29(35-18-21)40(32(42)37-24-7-10-28(33)27(17-24)31(34)41)25-13-15-39(16-14-25)20-22-4-12-30(36-19-22)45-26-8-5-23(6-9-26)38-46(2,43)44/h3-12,17-19,25,38H,13-16,20H2,1-2H3,(H2,34,41)(H,37,42). The fourth-order valence-electron chi connectivity index (χ4n) is 5.12. The Labute approximate surface area is 266 Å². The van der Waals surface area contributed by atoms with E-state index in [-0.39, 0.29) is 17.3 Å². The van der Waals surface area contributed by atoms with E-state index < -0.39 is 27.8 Å². The summed E-state index contributed by atoms with van der Waals surface area (Å²) >= 11 is 0. The number of ether oxygens (including phenoxy) is 1. The Kier molecular flexibility index (Phi) is 9.78. The number of piperidine rings is 1. The number of anilines is 3. The van der Waals surface area contributed by atoms with Gasteiger partial charge in [0.2, 0.25) is 15.9 Å². The lowest BCUT2D eigenvalue weighted by molar-refractivity contribution is 0.0996. The number of carbonyl (C=O) groups is 2. The van der Waals surface area contributed by atoms with Gasteiger partial charge in [-0.1, -0.05) is 12.1 Å². The zero-order chi connectivity index (χ0) is 32.8. The van der Waals surface area contributed by atoms with Crippen LogP contribution in [0.5, 0.6) is 11.6 Å². The Morgan fingerprint density at radius 2 is 1.72 bits per heavy atom. The van der Waals surface area contributed by atoms with Crippen LogP contribution >= 0.6 is 0 Å². The molecule has 0 saturated carbocycles. The first-order chi connectivity index (χ1) is 21.9. The molecule has 4 aromatic rings. The highest BCUT2D eigenvalue weighted by atomic mass is 32.2. The molecule has 4 N–H and O–H groups in total. The highest BCUT2D eigenvalue weighted by Gasteiger charge is 2.30. The predicted octanol–water partition coefficient (Wildman–Crippen LogP) is 4.89. The molecule has 3 amide bonds. The first kappa shape index (κ1) is 32.3. The molecule has 2 aromatic heterocycles. The van der Waals surface area contributed by atoms with Crippen LogP contribution in [0.2, 0.25) is 0 Å². The summed E-state index contributed by atoms with van der Waals surface area (Å²) < 4.78 is 45.0. The largest absolute Gasteiger partial charge is 0.439 e. The number of rotatable bonds is 10. The van der Waals surface area contributed by atoms with Gasteiger partial charge in [-0.3, -0.25) is 19.3 Å². The molecule has 46 heavy (non-hydrogen) atoms. The number of nitrogens with one attached hydrogen (secondary N) is 2. The number of likely N-dealkylation sites (tertiary alicyclic amines) is 1. The molecule has 240 valence electrons. The van der Waals surface area contributed by atoms with E-state index in [0.717, 1.165) is 36.5 Å². The van der Waals surface area contributed by atoms with Gasteiger partial charge in [0.15, 0.2) is 0 Å². The lowest BCUT2D eigenvalue weighted by Gasteiger charge is -2.38. The van der Waals surface area contributed by atoms with Crippen LogP contribution in [-0.2, 0) is 16.6 Å². The second-order valence-corrected chi connectivity index (χ2v) is 12.8. The predicted molar refractivity (Wildman–Crippen MR) is 173 cm³/mol. The number of hydrogen-bond acceptors (Lipinski definition) is 8. The van der Waals surface area contributed by atoms with Crippen molar-refractivity contribution >= 4 is 39.2 Å². The topological polar surface area (TPSA) is 160 Å². The van der Waals surface area contributed by atoms with Crippen LogP contribution in [0.1, 0.15) is 34.3 Å². The highest BCUT2D eigenvalue weighted by Crippen LogP contribution is 2.26. The van der Waals surface area contributed by atoms with E-state index in [2.05, 4.69) is 24.9 Å². The van der Waals surface area contributed by atoms with Gasteiger partial charge in [-0.15, -0.1) is 0 Å². The van der Waals surface area contributed by atoms with E-state index in [0.29, 0.717) is 42.5 Å². The summed E-state index contributed by atoms with van der Waals surface area (Å²) in [5.41, 5.74) is 7.60. The first-order valence-electron chi connectivity index (χ1n) is 14.5. The van der Waals surface area contributed by atoms with Crippen molar-refractivity contribution in [2.75, 3.05) is 34.3 Å². The van der Waals surface area contributed by atoms with Crippen molar-refractivity contribution in [1.82, 2.24) is 14.9 Å². The Morgan fingerprint density at radius 1 is 1.00 bits per heavy atom. The summed E-state index contributed by atoms with van der Waals surface area (Å²) in [4.78, 5) is 38.0. The van der Waals surface area contributed by atoms with Crippen molar-refractivity contribution in [3.8, 4) is 11.6 Å². The number of carbonyl (C=O) groups excluding carboxylic acids is 2. The highest BCUT2D eigenvalue weighted by molar-refractivity contribution is 7.92. The van der Waals surface area contributed by atoms with E-state index >= 15 is 0 Å². The number of primary amides is 1. The van der Waals surface area contributed by atoms with Crippen LogP contribution < -0.4 is 25.4 Å². The van der Waals surface area contributed by atoms with Crippen molar-refractivity contribution in [1.29, 1.82) is 0 Å². The number of nitrogens with zero attached hydrogens (tertiary/aromatic N) is 4. The zero-order valence-electron chi connectivity index (χ0n) is 25.3. The minimum atomic E-state index is -3.36. The number of urea groups is 1. The summed E-state index contributed by atoms with van der Waals surface area (Å²) in [7, 11) is -3.36. The minimum absolute atomic E-state index is 0.157. The number of sulfonamides is 1. The Hall–Kier alpha value is -5.08. The molecule has 0 bridgehead atoms. The second kappa shape index (κ2) is 13.9. The fraction of sp³-hybridized carbons (Fsp3) is 0.250. The molecular weight excluding hydrogens is 613 g/mol. The van der Waals surface area contributed by atoms with Gasteiger partial charge in [-0.05, 0) is 79.4 Å². The molecule has 3 heterocycles. The molecule has 5 rings (SSSR count). The first-order valence-corrected chi connectivity index (χ1v) is 16.4. The maximum Gasteiger partial charge on any atom is 0.327 e. The molecular formula is C32H34FN7O5S. The number of pyridine rings is 2. The smallest absolute Gasteiger partial charge is 0.327 e. The quantitative estimate of drug-likeness (QED) is 0.219. The molecule has 1 aliphatic heterocycles. The molecule has 14 heteroatoms. The number of halogens is 1. The summed E-state index contributed by atoms with van der Waals surface area (Å²) in [6, 6.07) is 17.0. The summed E-state index contributed by atoms with van der Waals surface area (Å²) in [6.45, 7) is 4.01. The molecule has 1 aliphatic rings. The molecule has 0 spiro atoms. The third-order valence-electron chi connectivity index (χ3n) is 7.35. The van der Waals surface area contributed by atoms with Gasteiger partial charge in [0.1, 0.15) is 17.4 Å². The molecule has 1 saturated heterocycles. The minimum Gasteiger partial charge on any atom is -0.439 e. The average Bonchev–Trinajstić information content (AvgIpc) is 3.01. The van der Waals surface area contributed by atoms with E-state index in [4.69, 9.17) is 10.5 Å². The van der Waals surface area contributed by atoms with Crippen molar-refractivity contribution in [2.24, 2.45) is 5.73 Å². The van der Waals surface area contributed by atoms with Gasteiger partial charge in [0.25, 0.3) is 5.91 Å². The van der Waals surface area contributed by atoms with Crippen molar-refractivity contribution in [3.63, 3.8) is 0 Å². The third-order valence-corrected chi connectivity index (χ3v) is 7.96. The molecule has 0 radical (unpaired) electrons.